The standard InChI is InChI=1S/C15H15N3O3/c19-12-11(6-8-16-12)18-13(20)15(17-14(18)21)7-5-9-3-1-2-4-10(9)15/h1-4,11H,5-8H2,(H,16,19)(H,17,21). The normalized spacial score (nSPS) is 30.8. The first kappa shape index (κ1) is 12.4. The molecule has 0 saturated carbocycles. The number of amides is 4. The van der Waals surface area contributed by atoms with Crippen LogP contribution in [0.3, 0.4) is 0 Å². The Morgan fingerprint density at radius 3 is 2.76 bits per heavy atom. The molecule has 0 radical (unpaired) electrons. The molecule has 1 aromatic rings. The molecule has 21 heavy (non-hydrogen) atoms. The van der Waals surface area contributed by atoms with Crippen LogP contribution in [0, 0.1) is 0 Å². The van der Waals surface area contributed by atoms with Crippen molar-refractivity contribution in [2.45, 2.75) is 30.8 Å². The van der Waals surface area contributed by atoms with E-state index in [0.717, 1.165) is 22.4 Å². The molecule has 2 saturated heterocycles. The average molecular weight is 285 g/mol. The Morgan fingerprint density at radius 1 is 1.19 bits per heavy atom. The SMILES string of the molecule is O=C1NCCC1N1C(=O)NC2(CCc3ccccc32)C1=O. The smallest absolute Gasteiger partial charge is 0.326 e. The lowest BCUT2D eigenvalue weighted by Gasteiger charge is -2.23. The molecule has 2 heterocycles. The van der Waals surface area contributed by atoms with Gasteiger partial charge in [-0.05, 0) is 30.4 Å². The summed E-state index contributed by atoms with van der Waals surface area (Å²) in [7, 11) is 0. The van der Waals surface area contributed by atoms with Crippen molar-refractivity contribution in [3.8, 4) is 0 Å². The van der Waals surface area contributed by atoms with Crippen LogP contribution >= 0.6 is 0 Å². The molecule has 0 bridgehead atoms. The van der Waals surface area contributed by atoms with Crippen molar-refractivity contribution in [3.63, 3.8) is 0 Å². The number of nitrogens with zero attached hydrogens (tertiary/aromatic N) is 1. The van der Waals surface area contributed by atoms with E-state index in [-0.39, 0.29) is 11.8 Å². The third-order valence-electron chi connectivity index (χ3n) is 4.70. The van der Waals surface area contributed by atoms with Gasteiger partial charge in [0, 0.05) is 6.54 Å². The second-order valence-corrected chi connectivity index (χ2v) is 5.76. The molecule has 2 N–H and O–H groups in total. The first-order valence-corrected chi connectivity index (χ1v) is 7.15. The predicted molar refractivity (Wildman–Crippen MR) is 73.2 cm³/mol. The Bertz CT molecular complexity index is 672. The van der Waals surface area contributed by atoms with Gasteiger partial charge in [0.2, 0.25) is 5.91 Å². The first-order valence-electron chi connectivity index (χ1n) is 7.15. The Hall–Kier alpha value is -2.37. The minimum absolute atomic E-state index is 0.248. The van der Waals surface area contributed by atoms with Crippen molar-refractivity contribution in [3.05, 3.63) is 35.4 Å². The minimum atomic E-state index is -0.976. The number of carbonyl (C=O) groups is 3. The molecule has 1 spiro atoms. The Kier molecular flexibility index (Phi) is 2.40. The Labute approximate surface area is 121 Å². The van der Waals surface area contributed by atoms with Crippen molar-refractivity contribution in [2.24, 2.45) is 0 Å². The molecule has 2 aliphatic heterocycles. The molecule has 2 atom stereocenters. The zero-order valence-corrected chi connectivity index (χ0v) is 11.4. The van der Waals surface area contributed by atoms with Crippen LogP contribution in [0.4, 0.5) is 4.79 Å². The lowest BCUT2D eigenvalue weighted by atomic mass is 9.91. The van der Waals surface area contributed by atoms with Crippen LogP contribution < -0.4 is 10.6 Å². The maximum Gasteiger partial charge on any atom is 0.326 e. The van der Waals surface area contributed by atoms with Crippen molar-refractivity contribution in [1.82, 2.24) is 15.5 Å². The van der Waals surface area contributed by atoms with Crippen LogP contribution in [-0.2, 0) is 21.5 Å². The highest BCUT2D eigenvalue weighted by Crippen LogP contribution is 2.42. The van der Waals surface area contributed by atoms with Gasteiger partial charge in [-0.2, -0.15) is 0 Å². The van der Waals surface area contributed by atoms with Crippen molar-refractivity contribution < 1.29 is 14.4 Å². The van der Waals surface area contributed by atoms with Gasteiger partial charge < -0.3 is 10.6 Å². The summed E-state index contributed by atoms with van der Waals surface area (Å²) in [5, 5.41) is 5.51. The number of benzene rings is 1. The maximum atomic E-state index is 12.9. The average Bonchev–Trinajstić information content (AvgIpc) is 3.11. The fourth-order valence-electron chi connectivity index (χ4n) is 3.67. The maximum absolute atomic E-state index is 12.9. The first-order chi connectivity index (χ1) is 10.1. The van der Waals surface area contributed by atoms with Crippen LogP contribution in [0.1, 0.15) is 24.0 Å². The second-order valence-electron chi connectivity index (χ2n) is 5.76. The summed E-state index contributed by atoms with van der Waals surface area (Å²) >= 11 is 0. The number of urea groups is 1. The predicted octanol–water partition coefficient (Wildman–Crippen LogP) is 0.268. The molecule has 108 valence electrons. The molecule has 4 rings (SSSR count). The van der Waals surface area contributed by atoms with Gasteiger partial charge in [-0.3, -0.25) is 9.59 Å². The van der Waals surface area contributed by atoms with E-state index in [1.807, 2.05) is 24.3 Å². The third kappa shape index (κ3) is 1.50. The van der Waals surface area contributed by atoms with Gasteiger partial charge >= 0.3 is 6.03 Å². The monoisotopic (exact) mass is 285 g/mol. The van der Waals surface area contributed by atoms with Gasteiger partial charge in [-0.25, -0.2) is 9.69 Å². The molecule has 2 fully saturated rings. The van der Waals surface area contributed by atoms with Gasteiger partial charge in [-0.1, -0.05) is 24.3 Å². The molecule has 3 aliphatic rings. The van der Waals surface area contributed by atoms with Crippen LogP contribution in [-0.4, -0.2) is 35.3 Å². The molecule has 4 amide bonds. The molecular weight excluding hydrogens is 270 g/mol. The highest BCUT2D eigenvalue weighted by molar-refractivity contribution is 6.11. The fourth-order valence-corrected chi connectivity index (χ4v) is 3.67. The van der Waals surface area contributed by atoms with E-state index in [1.54, 1.807) is 0 Å². The molecule has 1 aromatic carbocycles. The number of hydrogen-bond acceptors (Lipinski definition) is 3. The minimum Gasteiger partial charge on any atom is -0.354 e. The molecule has 2 unspecified atom stereocenters. The number of rotatable bonds is 1. The van der Waals surface area contributed by atoms with Crippen LogP contribution in [0.15, 0.2) is 24.3 Å². The van der Waals surface area contributed by atoms with Crippen molar-refractivity contribution in [2.75, 3.05) is 6.54 Å². The van der Waals surface area contributed by atoms with E-state index in [1.165, 1.54) is 0 Å². The van der Waals surface area contributed by atoms with Crippen molar-refractivity contribution in [1.29, 1.82) is 0 Å². The van der Waals surface area contributed by atoms with E-state index in [0.29, 0.717) is 19.4 Å². The summed E-state index contributed by atoms with van der Waals surface area (Å²) in [6.07, 6.45) is 1.80. The van der Waals surface area contributed by atoms with E-state index >= 15 is 0 Å². The number of aryl methyl sites for hydroxylation is 1. The zero-order valence-electron chi connectivity index (χ0n) is 11.4. The van der Waals surface area contributed by atoms with Gasteiger partial charge in [0.05, 0.1) is 0 Å². The van der Waals surface area contributed by atoms with Gasteiger partial charge in [0.25, 0.3) is 5.91 Å². The van der Waals surface area contributed by atoms with E-state index < -0.39 is 17.6 Å². The summed E-state index contributed by atoms with van der Waals surface area (Å²) in [5.41, 5.74) is 0.976. The number of fused-ring (bicyclic) bond motifs is 2. The molecule has 0 aromatic heterocycles. The summed E-state index contributed by atoms with van der Waals surface area (Å²) < 4.78 is 0. The largest absolute Gasteiger partial charge is 0.354 e. The fraction of sp³-hybridized carbons (Fsp3) is 0.400. The van der Waals surface area contributed by atoms with E-state index in [4.69, 9.17) is 0 Å². The third-order valence-corrected chi connectivity index (χ3v) is 4.70. The summed E-state index contributed by atoms with van der Waals surface area (Å²) in [6, 6.07) is 6.54. The second kappa shape index (κ2) is 4.07. The topological polar surface area (TPSA) is 78.5 Å². The number of hydrogen-bond donors (Lipinski definition) is 2. The Morgan fingerprint density at radius 2 is 2.00 bits per heavy atom. The van der Waals surface area contributed by atoms with Gasteiger partial charge in [0.15, 0.2) is 0 Å². The van der Waals surface area contributed by atoms with Crippen molar-refractivity contribution >= 4 is 17.8 Å². The van der Waals surface area contributed by atoms with E-state index in [9.17, 15) is 14.4 Å². The molecule has 6 heteroatoms. The van der Waals surface area contributed by atoms with Crippen LogP contribution in [0.2, 0.25) is 0 Å². The lowest BCUT2D eigenvalue weighted by molar-refractivity contribution is -0.137. The molecule has 6 nitrogen and oxygen atoms in total. The number of imide groups is 1. The zero-order chi connectivity index (χ0) is 14.6. The van der Waals surface area contributed by atoms with Gasteiger partial charge in [-0.15, -0.1) is 0 Å². The summed E-state index contributed by atoms with van der Waals surface area (Å²) in [5.74, 6) is -0.540. The summed E-state index contributed by atoms with van der Waals surface area (Å²) in [6.45, 7) is 0.504. The highest BCUT2D eigenvalue weighted by atomic mass is 16.2. The lowest BCUT2D eigenvalue weighted by Crippen LogP contribution is -2.46. The highest BCUT2D eigenvalue weighted by Gasteiger charge is 2.58. The molecule has 1 aliphatic carbocycles. The van der Waals surface area contributed by atoms with Crippen LogP contribution in [0.25, 0.3) is 0 Å². The van der Waals surface area contributed by atoms with E-state index in [2.05, 4.69) is 10.6 Å². The number of carbonyl (C=O) groups excluding carboxylic acids is 3. The molecular formula is C15H15N3O3. The quantitative estimate of drug-likeness (QED) is 0.727. The number of nitrogens with one attached hydrogen (secondary N) is 2. The Balaban J connectivity index is 1.76. The van der Waals surface area contributed by atoms with Gasteiger partial charge in [0.1, 0.15) is 11.6 Å². The van der Waals surface area contributed by atoms with Crippen LogP contribution in [0.5, 0.6) is 0 Å². The summed E-state index contributed by atoms with van der Waals surface area (Å²) in [4.78, 5) is 38.1.